The molecule has 1 unspecified atom stereocenters. The fraction of sp³-hybridized carbons (Fsp3) is 0.333. The Hall–Kier alpha value is -2.32. The standard InChI is InChI=1S/C21H23Cl2N5O2/c22-15-6-4-14(5-7-15)20-13-18(21(29)26-28(30)10-2-1-3-11-28)25-27(20)19-9-8-16(24)12-17(19)23/h4-9,12,20H,1-3,10-11,13,24H2,(H,26,29). The molecule has 2 aliphatic heterocycles. The number of piperidine rings is 1. The lowest BCUT2D eigenvalue weighted by Gasteiger charge is -2.43. The number of nitrogens with one attached hydrogen (secondary N) is 1. The van der Waals surface area contributed by atoms with Crippen LogP contribution in [0.1, 0.15) is 37.3 Å². The van der Waals surface area contributed by atoms with Crippen LogP contribution in [-0.4, -0.2) is 29.5 Å². The molecule has 1 atom stereocenters. The zero-order chi connectivity index (χ0) is 21.3. The van der Waals surface area contributed by atoms with Crippen LogP contribution in [0, 0.1) is 5.21 Å². The Morgan fingerprint density at radius 1 is 1.13 bits per heavy atom. The lowest BCUT2D eigenvalue weighted by molar-refractivity contribution is -0.919. The summed E-state index contributed by atoms with van der Waals surface area (Å²) in [5.41, 5.74) is 10.9. The van der Waals surface area contributed by atoms with Crippen molar-refractivity contribution in [3.8, 4) is 0 Å². The first-order valence-corrected chi connectivity index (χ1v) is 10.7. The predicted molar refractivity (Wildman–Crippen MR) is 120 cm³/mol. The van der Waals surface area contributed by atoms with Crippen LogP contribution in [0.2, 0.25) is 10.0 Å². The van der Waals surface area contributed by atoms with E-state index in [1.54, 1.807) is 35.3 Å². The molecule has 9 heteroatoms. The van der Waals surface area contributed by atoms with Crippen LogP contribution in [0.5, 0.6) is 0 Å². The number of hydrogen-bond acceptors (Lipinski definition) is 5. The van der Waals surface area contributed by atoms with E-state index in [0.29, 0.717) is 46.6 Å². The Morgan fingerprint density at radius 2 is 1.83 bits per heavy atom. The molecule has 0 saturated carbocycles. The van der Waals surface area contributed by atoms with Crippen molar-refractivity contribution in [1.82, 2.24) is 5.43 Å². The van der Waals surface area contributed by atoms with Gasteiger partial charge in [-0.15, -0.1) is 0 Å². The normalized spacial score (nSPS) is 20.7. The maximum atomic E-state index is 12.9. The maximum Gasteiger partial charge on any atom is 0.312 e. The van der Waals surface area contributed by atoms with Gasteiger partial charge in [-0.05, 0) is 55.2 Å². The van der Waals surface area contributed by atoms with Crippen LogP contribution >= 0.6 is 23.2 Å². The van der Waals surface area contributed by atoms with E-state index in [4.69, 9.17) is 28.9 Å². The van der Waals surface area contributed by atoms with Crippen molar-refractivity contribution in [1.29, 1.82) is 0 Å². The molecular formula is C21H23Cl2N5O2. The van der Waals surface area contributed by atoms with Crippen molar-refractivity contribution >= 4 is 46.2 Å². The fourth-order valence-corrected chi connectivity index (χ4v) is 4.31. The second-order valence-electron chi connectivity index (χ2n) is 7.71. The molecule has 4 rings (SSSR count). The van der Waals surface area contributed by atoms with E-state index in [1.165, 1.54) is 0 Å². The molecular weight excluding hydrogens is 425 g/mol. The van der Waals surface area contributed by atoms with Gasteiger partial charge < -0.3 is 10.9 Å². The van der Waals surface area contributed by atoms with E-state index < -0.39 is 10.7 Å². The zero-order valence-electron chi connectivity index (χ0n) is 16.4. The van der Waals surface area contributed by atoms with E-state index in [-0.39, 0.29) is 6.04 Å². The Balaban J connectivity index is 1.64. The van der Waals surface area contributed by atoms with Crippen molar-refractivity contribution in [2.75, 3.05) is 23.8 Å². The summed E-state index contributed by atoms with van der Waals surface area (Å²) in [6, 6.07) is 12.3. The first-order chi connectivity index (χ1) is 14.3. The van der Waals surface area contributed by atoms with Gasteiger partial charge in [-0.25, -0.2) is 0 Å². The third-order valence-electron chi connectivity index (χ3n) is 5.49. The van der Waals surface area contributed by atoms with Crippen LogP contribution in [0.4, 0.5) is 11.4 Å². The average Bonchev–Trinajstić information content (AvgIpc) is 3.14. The maximum absolute atomic E-state index is 12.9. The number of halogens is 2. The lowest BCUT2D eigenvalue weighted by atomic mass is 10.0. The van der Waals surface area contributed by atoms with Crippen molar-refractivity contribution in [2.24, 2.45) is 5.10 Å². The molecule has 7 nitrogen and oxygen atoms in total. The molecule has 1 fully saturated rings. The van der Waals surface area contributed by atoms with E-state index in [0.717, 1.165) is 24.8 Å². The number of benzene rings is 2. The number of carbonyl (C=O) groups is 1. The van der Waals surface area contributed by atoms with E-state index in [9.17, 15) is 10.0 Å². The molecule has 0 spiro atoms. The first kappa shape index (κ1) is 20.9. The molecule has 2 aromatic rings. The summed E-state index contributed by atoms with van der Waals surface area (Å²) in [7, 11) is 0. The Bertz CT molecular complexity index is 974. The van der Waals surface area contributed by atoms with Crippen LogP contribution in [-0.2, 0) is 4.79 Å². The number of hydrogen-bond donors (Lipinski definition) is 2. The minimum absolute atomic E-state index is 0.259. The molecule has 1 amide bonds. The molecule has 30 heavy (non-hydrogen) atoms. The van der Waals surface area contributed by atoms with Gasteiger partial charge in [0.15, 0.2) is 0 Å². The summed E-state index contributed by atoms with van der Waals surface area (Å²) >= 11 is 12.5. The summed E-state index contributed by atoms with van der Waals surface area (Å²) in [6.45, 7) is 0.764. The molecule has 2 heterocycles. The highest BCUT2D eigenvalue weighted by molar-refractivity contribution is 6.39. The third kappa shape index (κ3) is 4.39. The Morgan fingerprint density at radius 3 is 2.50 bits per heavy atom. The molecule has 1 saturated heterocycles. The fourth-order valence-electron chi connectivity index (χ4n) is 3.91. The minimum Gasteiger partial charge on any atom is -0.606 e. The minimum atomic E-state index is -0.702. The van der Waals surface area contributed by atoms with E-state index in [1.807, 2.05) is 12.1 Å². The summed E-state index contributed by atoms with van der Waals surface area (Å²) in [5.74, 6) is -0.445. The molecule has 158 valence electrons. The number of nitrogen functional groups attached to an aromatic ring is 1. The molecule has 0 radical (unpaired) electrons. The number of anilines is 2. The molecule has 0 bridgehead atoms. The quantitative estimate of drug-likeness (QED) is 0.412. The molecule has 2 aromatic carbocycles. The van der Waals surface area contributed by atoms with Gasteiger partial charge >= 0.3 is 5.91 Å². The van der Waals surface area contributed by atoms with Gasteiger partial charge in [0.25, 0.3) is 0 Å². The van der Waals surface area contributed by atoms with Crippen LogP contribution < -0.4 is 16.2 Å². The summed E-state index contributed by atoms with van der Waals surface area (Å²) in [5, 5.41) is 20.1. The Labute approximate surface area is 185 Å². The first-order valence-electron chi connectivity index (χ1n) is 9.92. The second-order valence-corrected chi connectivity index (χ2v) is 8.56. The number of nitrogens with zero attached hydrogens (tertiary/aromatic N) is 3. The highest BCUT2D eigenvalue weighted by atomic mass is 35.5. The van der Waals surface area contributed by atoms with Crippen molar-refractivity contribution in [3.63, 3.8) is 0 Å². The van der Waals surface area contributed by atoms with Gasteiger partial charge in [0.2, 0.25) is 0 Å². The van der Waals surface area contributed by atoms with Crippen LogP contribution in [0.15, 0.2) is 47.6 Å². The van der Waals surface area contributed by atoms with E-state index >= 15 is 0 Å². The van der Waals surface area contributed by atoms with Crippen molar-refractivity contribution in [2.45, 2.75) is 31.7 Å². The molecule has 0 aromatic heterocycles. The highest BCUT2D eigenvalue weighted by Gasteiger charge is 2.35. The van der Waals surface area contributed by atoms with Gasteiger partial charge in [0.05, 0.1) is 16.8 Å². The Kier molecular flexibility index (Phi) is 5.88. The number of carbonyl (C=O) groups excluding carboxylic acids is 1. The number of nitrogens with two attached hydrogens (primary N) is 1. The van der Waals surface area contributed by atoms with Crippen LogP contribution in [0.25, 0.3) is 0 Å². The molecule has 3 N–H and O–H groups in total. The topological polar surface area (TPSA) is 93.8 Å². The summed E-state index contributed by atoms with van der Waals surface area (Å²) in [4.78, 5) is 12.9. The number of hydroxylamine groups is 2. The predicted octanol–water partition coefficient (Wildman–Crippen LogP) is 4.41. The van der Waals surface area contributed by atoms with Gasteiger partial charge in [-0.1, -0.05) is 35.3 Å². The number of quaternary nitrogens is 1. The second kappa shape index (κ2) is 8.43. The highest BCUT2D eigenvalue weighted by Crippen LogP contribution is 2.39. The van der Waals surface area contributed by atoms with E-state index in [2.05, 4.69) is 10.5 Å². The summed E-state index contributed by atoms with van der Waals surface area (Å²) < 4.78 is -0.702. The van der Waals surface area contributed by atoms with Gasteiger partial charge in [-0.3, -0.25) is 14.6 Å². The zero-order valence-corrected chi connectivity index (χ0v) is 17.9. The van der Waals surface area contributed by atoms with Gasteiger partial charge in [0, 0.05) is 17.1 Å². The smallest absolute Gasteiger partial charge is 0.312 e. The SMILES string of the molecule is Nc1ccc(N2N=C(C(=O)N[N+]3([O-])CCCCC3)CC2c2ccc(Cl)cc2)c(Cl)c1. The van der Waals surface area contributed by atoms with Gasteiger partial charge in [0.1, 0.15) is 18.8 Å². The van der Waals surface area contributed by atoms with Crippen molar-refractivity contribution < 1.29 is 9.55 Å². The van der Waals surface area contributed by atoms with Gasteiger partial charge in [-0.2, -0.15) is 10.5 Å². The van der Waals surface area contributed by atoms with Crippen LogP contribution in [0.3, 0.4) is 0 Å². The third-order valence-corrected chi connectivity index (χ3v) is 6.04. The average molecular weight is 448 g/mol. The monoisotopic (exact) mass is 447 g/mol. The molecule has 0 aliphatic carbocycles. The number of amides is 1. The lowest BCUT2D eigenvalue weighted by Crippen LogP contribution is -2.59. The largest absolute Gasteiger partial charge is 0.606 e. The number of rotatable bonds is 4. The summed E-state index contributed by atoms with van der Waals surface area (Å²) in [6.07, 6.45) is 2.96. The number of hydrazone groups is 1. The van der Waals surface area contributed by atoms with Crippen molar-refractivity contribution in [3.05, 3.63) is 63.3 Å². The molecule has 2 aliphatic rings.